The fourth-order valence-corrected chi connectivity index (χ4v) is 4.42. The first-order valence-corrected chi connectivity index (χ1v) is 9.08. The summed E-state index contributed by atoms with van der Waals surface area (Å²) in [5.41, 5.74) is 0. The molecule has 0 saturated heterocycles. The van der Waals surface area contributed by atoms with E-state index in [-0.39, 0.29) is 11.3 Å². The average molecular weight is 301 g/mol. The van der Waals surface area contributed by atoms with Crippen molar-refractivity contribution < 1.29 is 12.9 Å². The van der Waals surface area contributed by atoms with E-state index in [1.807, 2.05) is 18.9 Å². The van der Waals surface area contributed by atoms with Gasteiger partial charge in [0.05, 0.1) is 11.8 Å². The van der Waals surface area contributed by atoms with Crippen LogP contribution in [0.15, 0.2) is 4.52 Å². The first-order valence-electron chi connectivity index (χ1n) is 7.12. The van der Waals surface area contributed by atoms with Crippen LogP contribution >= 0.6 is 0 Å². The summed E-state index contributed by atoms with van der Waals surface area (Å²) in [6, 6.07) is 0.0377. The highest BCUT2D eigenvalue weighted by Gasteiger charge is 2.35. The number of aryl methyl sites for hydroxylation is 1. The maximum Gasteiger partial charge on any atom is 0.240 e. The maximum atomic E-state index is 11.9. The van der Waals surface area contributed by atoms with Crippen LogP contribution in [0.2, 0.25) is 0 Å². The van der Waals surface area contributed by atoms with Gasteiger partial charge in [-0.15, -0.1) is 0 Å². The van der Waals surface area contributed by atoms with Gasteiger partial charge < -0.3 is 4.52 Å². The predicted octanol–water partition coefficient (Wildman–Crippen LogP) is 1.42. The van der Waals surface area contributed by atoms with Gasteiger partial charge in [0.15, 0.2) is 15.7 Å². The lowest BCUT2D eigenvalue weighted by atomic mass is 9.94. The molecule has 0 bridgehead atoms. The molecule has 6 nitrogen and oxygen atoms in total. The summed E-state index contributed by atoms with van der Waals surface area (Å²) in [4.78, 5) is 6.32. The van der Waals surface area contributed by atoms with E-state index in [4.69, 9.17) is 4.52 Å². The Hall–Kier alpha value is -0.950. The Balaban J connectivity index is 2.07. The van der Waals surface area contributed by atoms with Gasteiger partial charge in [-0.3, -0.25) is 4.90 Å². The van der Waals surface area contributed by atoms with Gasteiger partial charge in [0.2, 0.25) is 5.89 Å². The van der Waals surface area contributed by atoms with Crippen LogP contribution in [0, 0.1) is 0 Å². The molecule has 0 unspecified atom stereocenters. The Kier molecular flexibility index (Phi) is 4.80. The van der Waals surface area contributed by atoms with E-state index in [1.165, 1.54) is 6.26 Å². The normalized spacial score (nSPS) is 24.2. The third-order valence-electron chi connectivity index (χ3n) is 3.99. The van der Waals surface area contributed by atoms with Crippen LogP contribution in [0.3, 0.4) is 0 Å². The minimum absolute atomic E-state index is 0.0377. The van der Waals surface area contributed by atoms with E-state index in [1.54, 1.807) is 0 Å². The number of hydrogen-bond acceptors (Lipinski definition) is 6. The molecule has 0 aromatic carbocycles. The Labute approximate surface area is 120 Å². The van der Waals surface area contributed by atoms with Crippen LogP contribution in [0.25, 0.3) is 0 Å². The Bertz CT molecular complexity index is 541. The summed E-state index contributed by atoms with van der Waals surface area (Å²) in [6.45, 7) is 2.48. The van der Waals surface area contributed by atoms with Gasteiger partial charge in [-0.25, -0.2) is 8.42 Å². The first-order chi connectivity index (χ1) is 9.41. The van der Waals surface area contributed by atoms with Crippen molar-refractivity contribution in [1.82, 2.24) is 15.0 Å². The van der Waals surface area contributed by atoms with Crippen molar-refractivity contribution >= 4 is 9.84 Å². The molecule has 1 aliphatic carbocycles. The molecule has 1 aromatic heterocycles. The van der Waals surface area contributed by atoms with Crippen molar-refractivity contribution in [2.45, 2.75) is 56.9 Å². The van der Waals surface area contributed by atoms with E-state index >= 15 is 0 Å². The summed E-state index contributed by atoms with van der Waals surface area (Å²) in [6.07, 6.45) is 5.79. The highest BCUT2D eigenvalue weighted by atomic mass is 32.2. The van der Waals surface area contributed by atoms with E-state index in [9.17, 15) is 8.42 Å². The third kappa shape index (κ3) is 3.58. The Morgan fingerprint density at radius 2 is 2.05 bits per heavy atom. The highest BCUT2D eigenvalue weighted by Crippen LogP contribution is 2.28. The van der Waals surface area contributed by atoms with E-state index < -0.39 is 9.84 Å². The Morgan fingerprint density at radius 3 is 2.65 bits per heavy atom. The van der Waals surface area contributed by atoms with Gasteiger partial charge in [0, 0.05) is 18.7 Å². The molecular weight excluding hydrogens is 278 g/mol. The fourth-order valence-electron chi connectivity index (χ4n) is 2.91. The van der Waals surface area contributed by atoms with E-state index in [2.05, 4.69) is 10.1 Å². The molecule has 0 N–H and O–H groups in total. The van der Waals surface area contributed by atoms with Crippen molar-refractivity contribution in [2.24, 2.45) is 0 Å². The van der Waals surface area contributed by atoms with Crippen molar-refractivity contribution in [3.05, 3.63) is 11.7 Å². The molecule has 1 saturated carbocycles. The van der Waals surface area contributed by atoms with Gasteiger partial charge in [0.1, 0.15) is 0 Å². The van der Waals surface area contributed by atoms with Crippen molar-refractivity contribution in [3.8, 4) is 0 Å². The summed E-state index contributed by atoms with van der Waals surface area (Å²) in [5, 5.41) is 3.59. The molecule has 0 radical (unpaired) electrons. The van der Waals surface area contributed by atoms with Gasteiger partial charge in [-0.2, -0.15) is 4.98 Å². The number of rotatable bonds is 5. The fraction of sp³-hybridized carbons (Fsp3) is 0.846. The molecule has 1 aliphatic rings. The van der Waals surface area contributed by atoms with Gasteiger partial charge >= 0.3 is 0 Å². The summed E-state index contributed by atoms with van der Waals surface area (Å²) in [7, 11) is -1.09. The second kappa shape index (κ2) is 6.22. The largest absolute Gasteiger partial charge is 0.338 e. The molecule has 0 aliphatic heterocycles. The van der Waals surface area contributed by atoms with Crippen LogP contribution < -0.4 is 0 Å². The maximum absolute atomic E-state index is 11.9. The second-order valence-electron chi connectivity index (χ2n) is 5.59. The molecule has 1 aromatic rings. The smallest absolute Gasteiger partial charge is 0.240 e. The number of nitrogens with zero attached hydrogens (tertiary/aromatic N) is 3. The van der Waals surface area contributed by atoms with Crippen molar-refractivity contribution in [3.63, 3.8) is 0 Å². The minimum atomic E-state index is -3.02. The summed E-state index contributed by atoms with van der Waals surface area (Å²) >= 11 is 0. The zero-order valence-corrected chi connectivity index (χ0v) is 13.2. The van der Waals surface area contributed by atoms with Gasteiger partial charge in [-0.05, 0) is 19.9 Å². The SMILES string of the molecule is CCc1noc(CN(C)[C@H]2CCCC[C@H]2S(C)(=O)=O)n1. The monoisotopic (exact) mass is 301 g/mol. The summed E-state index contributed by atoms with van der Waals surface area (Å²) < 4.78 is 29.0. The quantitative estimate of drug-likeness (QED) is 0.818. The zero-order valence-electron chi connectivity index (χ0n) is 12.4. The van der Waals surface area contributed by atoms with Crippen molar-refractivity contribution in [1.29, 1.82) is 0 Å². The molecule has 0 spiro atoms. The average Bonchev–Trinajstić information content (AvgIpc) is 2.85. The van der Waals surface area contributed by atoms with Crippen LogP contribution in [0.5, 0.6) is 0 Å². The molecule has 20 heavy (non-hydrogen) atoms. The number of sulfone groups is 1. The van der Waals surface area contributed by atoms with E-state index in [0.29, 0.717) is 18.3 Å². The lowest BCUT2D eigenvalue weighted by Crippen LogP contribution is -2.46. The standard InChI is InChI=1S/C13H23N3O3S/c1-4-12-14-13(19-15-12)9-16(2)10-7-5-6-8-11(10)20(3,17)18/h10-11H,4-9H2,1-3H3/t10-,11+/m0/s1. The third-order valence-corrected chi connectivity index (χ3v) is 5.64. The first kappa shape index (κ1) is 15.4. The van der Waals surface area contributed by atoms with Gasteiger partial charge in [-0.1, -0.05) is 24.9 Å². The predicted molar refractivity (Wildman–Crippen MR) is 76.0 cm³/mol. The van der Waals surface area contributed by atoms with Gasteiger partial charge in [0.25, 0.3) is 0 Å². The molecule has 114 valence electrons. The second-order valence-corrected chi connectivity index (χ2v) is 7.86. The molecule has 2 atom stereocenters. The number of aromatic nitrogens is 2. The van der Waals surface area contributed by atoms with Crippen LogP contribution in [-0.2, 0) is 22.8 Å². The highest BCUT2D eigenvalue weighted by molar-refractivity contribution is 7.91. The Morgan fingerprint density at radius 1 is 1.35 bits per heavy atom. The van der Waals surface area contributed by atoms with Crippen LogP contribution in [0.4, 0.5) is 0 Å². The molecule has 1 fully saturated rings. The molecule has 1 heterocycles. The lowest BCUT2D eigenvalue weighted by molar-refractivity contribution is 0.167. The molecule has 0 amide bonds. The lowest BCUT2D eigenvalue weighted by Gasteiger charge is -2.36. The topological polar surface area (TPSA) is 76.3 Å². The minimum Gasteiger partial charge on any atom is -0.338 e. The molecule has 2 rings (SSSR count). The zero-order chi connectivity index (χ0) is 14.8. The van der Waals surface area contributed by atoms with Crippen LogP contribution in [-0.4, -0.2) is 48.1 Å². The van der Waals surface area contributed by atoms with Crippen molar-refractivity contribution in [2.75, 3.05) is 13.3 Å². The van der Waals surface area contributed by atoms with E-state index in [0.717, 1.165) is 32.1 Å². The number of hydrogen-bond donors (Lipinski definition) is 0. The molecular formula is C13H23N3O3S. The summed E-state index contributed by atoms with van der Waals surface area (Å²) in [5.74, 6) is 1.25. The molecule has 7 heteroatoms. The van der Waals surface area contributed by atoms with Crippen LogP contribution in [0.1, 0.15) is 44.3 Å².